The molecule has 1 aromatic rings. The quantitative estimate of drug-likeness (QED) is 0.886. The van der Waals surface area contributed by atoms with E-state index in [9.17, 15) is 0 Å². The van der Waals surface area contributed by atoms with Crippen LogP contribution in [0.3, 0.4) is 0 Å². The molecule has 0 spiro atoms. The molecule has 3 aliphatic rings. The summed E-state index contributed by atoms with van der Waals surface area (Å²) in [4.78, 5) is 11.4. The van der Waals surface area contributed by atoms with Crippen molar-refractivity contribution >= 4 is 11.8 Å². The van der Waals surface area contributed by atoms with E-state index in [1.807, 2.05) is 0 Å². The molecular weight excluding hydrogens is 252 g/mol. The first kappa shape index (κ1) is 12.4. The van der Waals surface area contributed by atoms with E-state index in [0.29, 0.717) is 12.1 Å². The van der Waals surface area contributed by atoms with Gasteiger partial charge >= 0.3 is 0 Å². The second kappa shape index (κ2) is 4.88. The van der Waals surface area contributed by atoms with Crippen molar-refractivity contribution in [2.75, 3.05) is 30.3 Å². The molecule has 5 heteroatoms. The molecule has 4 rings (SSSR count). The van der Waals surface area contributed by atoms with Gasteiger partial charge in [0, 0.05) is 18.7 Å². The molecule has 2 aliphatic carbocycles. The van der Waals surface area contributed by atoms with E-state index in [2.05, 4.69) is 14.9 Å². The highest BCUT2D eigenvalue weighted by Gasteiger charge is 2.36. The Hall–Kier alpha value is -1.36. The van der Waals surface area contributed by atoms with Crippen LogP contribution in [-0.2, 0) is 17.6 Å². The second-order valence-corrected chi connectivity index (χ2v) is 6.23. The zero-order chi connectivity index (χ0) is 13.5. The van der Waals surface area contributed by atoms with Crippen LogP contribution in [0.4, 0.5) is 11.8 Å². The van der Waals surface area contributed by atoms with E-state index < -0.39 is 0 Å². The molecule has 1 unspecified atom stereocenters. The summed E-state index contributed by atoms with van der Waals surface area (Å²) in [6.45, 7) is 2.69. The van der Waals surface area contributed by atoms with Crippen molar-refractivity contribution in [3.8, 4) is 0 Å². The fraction of sp³-hybridized carbons (Fsp3) is 0.733. The largest absolute Gasteiger partial charge is 0.374 e. The molecule has 0 radical (unpaired) electrons. The Labute approximate surface area is 119 Å². The van der Waals surface area contributed by atoms with Crippen molar-refractivity contribution in [1.82, 2.24) is 9.97 Å². The van der Waals surface area contributed by atoms with E-state index in [-0.39, 0.29) is 0 Å². The average molecular weight is 274 g/mol. The van der Waals surface area contributed by atoms with E-state index in [1.165, 1.54) is 36.9 Å². The Bertz CT molecular complexity index is 515. The number of rotatable bonds is 2. The minimum Gasteiger partial charge on any atom is -0.374 e. The number of aryl methyl sites for hydroxylation is 1. The summed E-state index contributed by atoms with van der Waals surface area (Å²) in [5.74, 6) is 2.28. The topological polar surface area (TPSA) is 64.3 Å². The monoisotopic (exact) mass is 274 g/mol. The van der Waals surface area contributed by atoms with Gasteiger partial charge in [0.25, 0.3) is 0 Å². The highest BCUT2D eigenvalue weighted by molar-refractivity contribution is 5.53. The summed E-state index contributed by atoms with van der Waals surface area (Å²) >= 11 is 0. The van der Waals surface area contributed by atoms with E-state index in [0.717, 1.165) is 44.3 Å². The van der Waals surface area contributed by atoms with Crippen LogP contribution in [0.25, 0.3) is 0 Å². The lowest BCUT2D eigenvalue weighted by Gasteiger charge is -2.35. The molecule has 1 aliphatic heterocycles. The number of nitrogen functional groups attached to an aromatic ring is 1. The first-order chi connectivity index (χ1) is 9.81. The minimum absolute atomic E-state index is 0.388. The van der Waals surface area contributed by atoms with Crippen molar-refractivity contribution in [1.29, 1.82) is 0 Å². The Morgan fingerprint density at radius 1 is 1.15 bits per heavy atom. The molecule has 0 bridgehead atoms. The number of nitrogens with zero attached hydrogens (tertiary/aromatic N) is 3. The lowest BCUT2D eigenvalue weighted by molar-refractivity contribution is 0.0260. The number of hydrogen-bond donors (Lipinski definition) is 1. The van der Waals surface area contributed by atoms with Crippen LogP contribution < -0.4 is 10.6 Å². The summed E-state index contributed by atoms with van der Waals surface area (Å²) in [5.41, 5.74) is 8.43. The number of ether oxygens (including phenoxy) is 1. The van der Waals surface area contributed by atoms with E-state index in [1.54, 1.807) is 0 Å². The molecule has 1 atom stereocenters. The van der Waals surface area contributed by atoms with Crippen molar-refractivity contribution < 1.29 is 4.74 Å². The molecular formula is C15H22N4O. The zero-order valence-corrected chi connectivity index (χ0v) is 11.8. The number of fused-ring (bicyclic) bond motifs is 1. The molecule has 108 valence electrons. The lowest BCUT2D eigenvalue weighted by Crippen LogP contribution is -2.44. The molecule has 0 amide bonds. The first-order valence-corrected chi connectivity index (χ1v) is 7.83. The SMILES string of the molecule is Nc1nc2c(c(N3CCOC(C4CC4)C3)n1)CCCC2. The lowest BCUT2D eigenvalue weighted by atomic mass is 9.96. The number of hydrogen-bond acceptors (Lipinski definition) is 5. The standard InChI is InChI=1S/C15H22N4O/c16-15-17-12-4-2-1-3-11(12)14(18-15)19-7-8-20-13(9-19)10-5-6-10/h10,13H,1-9H2,(H2,16,17,18). The van der Waals surface area contributed by atoms with Gasteiger partial charge in [-0.1, -0.05) is 0 Å². The van der Waals surface area contributed by atoms with E-state index in [4.69, 9.17) is 10.5 Å². The van der Waals surface area contributed by atoms with Gasteiger partial charge in [-0.05, 0) is 44.4 Å². The minimum atomic E-state index is 0.388. The Balaban J connectivity index is 1.64. The number of anilines is 2. The van der Waals surface area contributed by atoms with Crippen molar-refractivity contribution in [3.05, 3.63) is 11.3 Å². The maximum absolute atomic E-state index is 5.92. The Kier molecular flexibility index (Phi) is 3.02. The fourth-order valence-corrected chi connectivity index (χ4v) is 3.48. The number of nitrogens with two attached hydrogens (primary N) is 1. The predicted octanol–water partition coefficient (Wildman–Crippen LogP) is 1.55. The van der Waals surface area contributed by atoms with Crippen molar-refractivity contribution in [2.24, 2.45) is 5.92 Å². The van der Waals surface area contributed by atoms with E-state index >= 15 is 0 Å². The molecule has 2 heterocycles. The molecule has 0 aromatic carbocycles. The number of morpholine rings is 1. The molecule has 2 N–H and O–H groups in total. The average Bonchev–Trinajstić information content (AvgIpc) is 3.31. The highest BCUT2D eigenvalue weighted by Crippen LogP contribution is 2.37. The van der Waals surface area contributed by atoms with Gasteiger partial charge in [0.2, 0.25) is 5.95 Å². The van der Waals surface area contributed by atoms with Crippen LogP contribution in [0.2, 0.25) is 0 Å². The summed E-state index contributed by atoms with van der Waals surface area (Å²) in [6, 6.07) is 0. The summed E-state index contributed by atoms with van der Waals surface area (Å²) in [5, 5.41) is 0. The normalized spacial score (nSPS) is 26.4. The van der Waals surface area contributed by atoms with Crippen LogP contribution >= 0.6 is 0 Å². The summed E-state index contributed by atoms with van der Waals surface area (Å²) in [6.07, 6.45) is 7.63. The van der Waals surface area contributed by atoms with Gasteiger partial charge in [0.15, 0.2) is 0 Å². The van der Waals surface area contributed by atoms with Crippen LogP contribution in [0.1, 0.15) is 36.9 Å². The van der Waals surface area contributed by atoms with Crippen LogP contribution in [-0.4, -0.2) is 35.8 Å². The maximum Gasteiger partial charge on any atom is 0.222 e. The molecule has 2 fully saturated rings. The molecule has 5 nitrogen and oxygen atoms in total. The highest BCUT2D eigenvalue weighted by atomic mass is 16.5. The van der Waals surface area contributed by atoms with Crippen molar-refractivity contribution in [3.63, 3.8) is 0 Å². The third-order valence-corrected chi connectivity index (χ3v) is 4.72. The molecule has 1 saturated heterocycles. The third-order valence-electron chi connectivity index (χ3n) is 4.72. The van der Waals surface area contributed by atoms with Gasteiger partial charge in [-0.2, -0.15) is 4.98 Å². The predicted molar refractivity (Wildman–Crippen MR) is 77.8 cm³/mol. The van der Waals surface area contributed by atoms with Gasteiger partial charge in [-0.3, -0.25) is 0 Å². The maximum atomic E-state index is 5.92. The van der Waals surface area contributed by atoms with Crippen LogP contribution in [0.5, 0.6) is 0 Å². The smallest absolute Gasteiger partial charge is 0.222 e. The fourth-order valence-electron chi connectivity index (χ4n) is 3.48. The molecule has 20 heavy (non-hydrogen) atoms. The van der Waals surface area contributed by atoms with Crippen LogP contribution in [0.15, 0.2) is 0 Å². The summed E-state index contributed by atoms with van der Waals surface area (Å²) < 4.78 is 5.91. The Morgan fingerprint density at radius 2 is 2.00 bits per heavy atom. The van der Waals surface area contributed by atoms with Gasteiger partial charge in [0.05, 0.1) is 18.4 Å². The Morgan fingerprint density at radius 3 is 2.85 bits per heavy atom. The molecule has 1 saturated carbocycles. The zero-order valence-electron chi connectivity index (χ0n) is 11.8. The third kappa shape index (κ3) is 2.24. The molecule has 1 aromatic heterocycles. The van der Waals surface area contributed by atoms with Gasteiger partial charge in [0.1, 0.15) is 5.82 Å². The van der Waals surface area contributed by atoms with Gasteiger partial charge < -0.3 is 15.4 Å². The van der Waals surface area contributed by atoms with Gasteiger partial charge in [-0.25, -0.2) is 4.98 Å². The summed E-state index contributed by atoms with van der Waals surface area (Å²) in [7, 11) is 0. The van der Waals surface area contributed by atoms with Crippen molar-refractivity contribution in [2.45, 2.75) is 44.6 Å². The van der Waals surface area contributed by atoms with Gasteiger partial charge in [-0.15, -0.1) is 0 Å². The van der Waals surface area contributed by atoms with Crippen LogP contribution in [0, 0.1) is 5.92 Å². The first-order valence-electron chi connectivity index (χ1n) is 7.83. The second-order valence-electron chi connectivity index (χ2n) is 6.23. The number of aromatic nitrogens is 2.